The topological polar surface area (TPSA) is 45.8 Å². The number of H-pyrrole nitrogens is 1. The van der Waals surface area contributed by atoms with Crippen LogP contribution in [0.3, 0.4) is 0 Å². The molecule has 0 aliphatic carbocycles. The highest BCUT2D eigenvalue weighted by molar-refractivity contribution is 7.12. The van der Waals surface area contributed by atoms with Crippen molar-refractivity contribution in [3.05, 3.63) is 38.7 Å². The Hall–Kier alpha value is -1.49. The smallest absolute Gasteiger partial charge is 0.255 e. The van der Waals surface area contributed by atoms with Crippen LogP contribution in [0.25, 0.3) is 10.6 Å². The predicted octanol–water partition coefficient (Wildman–Crippen LogP) is 2.25. The summed E-state index contributed by atoms with van der Waals surface area (Å²) in [5.74, 6) is -0.338. The van der Waals surface area contributed by atoms with Gasteiger partial charge in [0.25, 0.3) is 0 Å². The van der Waals surface area contributed by atoms with Crippen LogP contribution in [0.1, 0.15) is 11.1 Å². The van der Waals surface area contributed by atoms with Crippen LogP contribution in [0.4, 0.5) is 4.39 Å². The standard InChI is InChI=1S/C10H9FN2OS/c1-5-3-6(2)8(7(11)4-5)9-12-13-10(14)15-9/h3-4H,1-2H3,(H,13,14). The van der Waals surface area contributed by atoms with Crippen LogP contribution in [-0.2, 0) is 0 Å². The molecule has 5 heteroatoms. The number of benzene rings is 1. The van der Waals surface area contributed by atoms with Gasteiger partial charge in [-0.25, -0.2) is 9.49 Å². The third kappa shape index (κ3) is 1.83. The van der Waals surface area contributed by atoms with Crippen LogP contribution in [0, 0.1) is 19.7 Å². The summed E-state index contributed by atoms with van der Waals surface area (Å²) in [7, 11) is 0. The lowest BCUT2D eigenvalue weighted by Crippen LogP contribution is -1.91. The number of nitrogens with zero attached hydrogens (tertiary/aromatic N) is 1. The number of rotatable bonds is 1. The molecule has 0 saturated carbocycles. The molecule has 0 spiro atoms. The summed E-state index contributed by atoms with van der Waals surface area (Å²) in [5, 5.41) is 6.46. The molecule has 78 valence electrons. The summed E-state index contributed by atoms with van der Waals surface area (Å²) < 4.78 is 13.7. The van der Waals surface area contributed by atoms with Gasteiger partial charge in [0, 0.05) is 0 Å². The second-order valence-electron chi connectivity index (χ2n) is 3.36. The maximum absolute atomic E-state index is 13.7. The molecule has 2 aromatic rings. The summed E-state index contributed by atoms with van der Waals surface area (Å²) in [6.45, 7) is 3.63. The number of hydrogen-bond donors (Lipinski definition) is 1. The maximum Gasteiger partial charge on any atom is 0.322 e. The summed E-state index contributed by atoms with van der Waals surface area (Å²) in [6.07, 6.45) is 0. The lowest BCUT2D eigenvalue weighted by atomic mass is 10.1. The predicted molar refractivity (Wildman–Crippen MR) is 57.6 cm³/mol. The van der Waals surface area contributed by atoms with Crippen LogP contribution in [0.5, 0.6) is 0 Å². The fraction of sp³-hybridized carbons (Fsp3) is 0.200. The number of aromatic nitrogens is 2. The monoisotopic (exact) mass is 224 g/mol. The highest BCUT2D eigenvalue weighted by Gasteiger charge is 2.12. The van der Waals surface area contributed by atoms with Gasteiger partial charge in [-0.2, -0.15) is 5.10 Å². The molecule has 0 saturated heterocycles. The van der Waals surface area contributed by atoms with E-state index >= 15 is 0 Å². The van der Waals surface area contributed by atoms with E-state index < -0.39 is 0 Å². The van der Waals surface area contributed by atoms with E-state index in [1.54, 1.807) is 6.92 Å². The first-order valence-electron chi connectivity index (χ1n) is 4.40. The first-order valence-corrected chi connectivity index (χ1v) is 5.22. The van der Waals surface area contributed by atoms with E-state index in [2.05, 4.69) is 10.2 Å². The van der Waals surface area contributed by atoms with Crippen molar-refractivity contribution in [2.24, 2.45) is 0 Å². The molecule has 0 fully saturated rings. The number of halogens is 1. The van der Waals surface area contributed by atoms with Crippen LogP contribution in [0.15, 0.2) is 16.9 Å². The van der Waals surface area contributed by atoms with E-state index in [0.717, 1.165) is 22.5 Å². The molecule has 0 aliphatic rings. The number of nitrogens with one attached hydrogen (secondary N) is 1. The third-order valence-corrected chi connectivity index (χ3v) is 2.85. The molecule has 0 bridgehead atoms. The second kappa shape index (κ2) is 3.58. The van der Waals surface area contributed by atoms with Crippen molar-refractivity contribution >= 4 is 11.3 Å². The minimum Gasteiger partial charge on any atom is -0.255 e. The number of hydrogen-bond acceptors (Lipinski definition) is 3. The molecule has 0 radical (unpaired) electrons. The van der Waals surface area contributed by atoms with Crippen LogP contribution < -0.4 is 4.87 Å². The van der Waals surface area contributed by atoms with Crippen molar-refractivity contribution in [3.8, 4) is 10.6 Å². The lowest BCUT2D eigenvalue weighted by molar-refractivity contribution is 0.628. The van der Waals surface area contributed by atoms with E-state index in [4.69, 9.17) is 0 Å². The van der Waals surface area contributed by atoms with Crippen molar-refractivity contribution in [2.45, 2.75) is 13.8 Å². The highest BCUT2D eigenvalue weighted by Crippen LogP contribution is 2.27. The van der Waals surface area contributed by atoms with Gasteiger partial charge in [-0.1, -0.05) is 17.4 Å². The van der Waals surface area contributed by atoms with Gasteiger partial charge in [-0.15, -0.1) is 0 Å². The zero-order valence-electron chi connectivity index (χ0n) is 8.30. The van der Waals surface area contributed by atoms with Gasteiger partial charge >= 0.3 is 4.87 Å². The molecule has 2 rings (SSSR count). The molecular weight excluding hydrogens is 215 g/mol. The highest BCUT2D eigenvalue weighted by atomic mass is 32.1. The Balaban J connectivity index is 2.67. The molecule has 1 aromatic heterocycles. The molecule has 0 amide bonds. The van der Waals surface area contributed by atoms with Crippen molar-refractivity contribution in [3.63, 3.8) is 0 Å². The molecule has 3 nitrogen and oxygen atoms in total. The SMILES string of the molecule is Cc1cc(C)c(-c2n[nH]c(=O)s2)c(F)c1. The van der Waals surface area contributed by atoms with Crippen LogP contribution in [-0.4, -0.2) is 10.2 Å². The fourth-order valence-electron chi connectivity index (χ4n) is 1.52. The van der Waals surface area contributed by atoms with Gasteiger partial charge in [-0.05, 0) is 31.0 Å². The average molecular weight is 224 g/mol. The summed E-state index contributed by atoms with van der Waals surface area (Å²) >= 11 is 0.913. The number of aromatic amines is 1. The Morgan fingerprint density at radius 2 is 2.13 bits per heavy atom. The Labute approximate surface area is 89.6 Å². The summed E-state index contributed by atoms with van der Waals surface area (Å²) in [6, 6.07) is 3.30. The zero-order chi connectivity index (χ0) is 11.0. The number of aryl methyl sites for hydroxylation is 2. The zero-order valence-corrected chi connectivity index (χ0v) is 9.11. The minimum absolute atomic E-state index is 0.274. The van der Waals surface area contributed by atoms with E-state index in [9.17, 15) is 9.18 Å². The fourth-order valence-corrected chi connectivity index (χ4v) is 2.24. The second-order valence-corrected chi connectivity index (χ2v) is 4.32. The molecular formula is C10H9FN2OS. The molecule has 0 aliphatic heterocycles. The van der Waals surface area contributed by atoms with Gasteiger partial charge in [0.15, 0.2) is 5.01 Å². The molecule has 1 N–H and O–H groups in total. The summed E-state index contributed by atoms with van der Waals surface area (Å²) in [5.41, 5.74) is 2.05. The Kier molecular flexibility index (Phi) is 2.40. The molecule has 1 aromatic carbocycles. The molecule has 15 heavy (non-hydrogen) atoms. The molecule has 1 heterocycles. The Morgan fingerprint density at radius 3 is 2.67 bits per heavy atom. The van der Waals surface area contributed by atoms with E-state index in [1.807, 2.05) is 13.0 Å². The van der Waals surface area contributed by atoms with Gasteiger partial charge in [-0.3, -0.25) is 4.79 Å². The first-order chi connectivity index (χ1) is 7.08. The van der Waals surface area contributed by atoms with Gasteiger partial charge in [0.1, 0.15) is 5.82 Å². The quantitative estimate of drug-likeness (QED) is 0.807. The van der Waals surface area contributed by atoms with Crippen molar-refractivity contribution in [1.82, 2.24) is 10.2 Å². The summed E-state index contributed by atoms with van der Waals surface area (Å²) in [4.78, 5) is 10.7. The van der Waals surface area contributed by atoms with Crippen LogP contribution in [0.2, 0.25) is 0 Å². The van der Waals surface area contributed by atoms with E-state index in [0.29, 0.717) is 10.6 Å². The van der Waals surface area contributed by atoms with E-state index in [-0.39, 0.29) is 10.7 Å². The Bertz CT molecular complexity index is 536. The van der Waals surface area contributed by atoms with Crippen LogP contribution >= 0.6 is 11.3 Å². The van der Waals surface area contributed by atoms with E-state index in [1.165, 1.54) is 6.07 Å². The third-order valence-electron chi connectivity index (χ3n) is 2.08. The molecule has 0 atom stereocenters. The normalized spacial score (nSPS) is 10.6. The first kappa shape index (κ1) is 10.0. The van der Waals surface area contributed by atoms with Gasteiger partial charge in [0.05, 0.1) is 5.56 Å². The Morgan fingerprint density at radius 1 is 1.40 bits per heavy atom. The van der Waals surface area contributed by atoms with Gasteiger partial charge < -0.3 is 0 Å². The maximum atomic E-state index is 13.7. The lowest BCUT2D eigenvalue weighted by Gasteiger charge is -2.04. The average Bonchev–Trinajstić information content (AvgIpc) is 2.49. The van der Waals surface area contributed by atoms with Crippen molar-refractivity contribution in [1.29, 1.82) is 0 Å². The van der Waals surface area contributed by atoms with Gasteiger partial charge in [0.2, 0.25) is 0 Å². The van der Waals surface area contributed by atoms with Crippen molar-refractivity contribution in [2.75, 3.05) is 0 Å². The molecule has 0 unspecified atom stereocenters. The minimum atomic E-state index is -0.338. The largest absolute Gasteiger partial charge is 0.322 e. The van der Waals surface area contributed by atoms with Crippen molar-refractivity contribution < 1.29 is 4.39 Å².